The monoisotopic (exact) mass is 397 g/mol. The van der Waals surface area contributed by atoms with E-state index in [9.17, 15) is 9.18 Å². The quantitative estimate of drug-likeness (QED) is 0.669. The zero-order valence-electron chi connectivity index (χ0n) is 15.5. The Bertz CT molecular complexity index is 966. The van der Waals surface area contributed by atoms with Crippen molar-refractivity contribution in [3.05, 3.63) is 65.3 Å². The number of para-hydroxylation sites is 2. The largest absolute Gasteiger partial charge is 0.495 e. The number of amides is 1. The van der Waals surface area contributed by atoms with Crippen molar-refractivity contribution >= 4 is 23.1 Å². The molecule has 3 aromatic rings. The molecule has 1 aliphatic heterocycles. The highest BCUT2D eigenvalue weighted by molar-refractivity contribution is 7.08. The van der Waals surface area contributed by atoms with Gasteiger partial charge in [0.1, 0.15) is 16.4 Å². The molecule has 7 heteroatoms. The Balaban J connectivity index is 1.42. The van der Waals surface area contributed by atoms with Gasteiger partial charge in [0, 0.05) is 31.7 Å². The molecule has 1 aliphatic rings. The van der Waals surface area contributed by atoms with Gasteiger partial charge in [-0.25, -0.2) is 4.39 Å². The number of hydrogen-bond donors (Lipinski definition) is 0. The maximum atomic E-state index is 13.1. The highest BCUT2D eigenvalue weighted by Gasteiger charge is 2.25. The molecule has 2 heterocycles. The van der Waals surface area contributed by atoms with Crippen LogP contribution in [0.4, 0.5) is 10.1 Å². The van der Waals surface area contributed by atoms with Crippen LogP contribution in [0.1, 0.15) is 9.67 Å². The maximum Gasteiger partial charge on any atom is 0.265 e. The number of benzene rings is 2. The Kier molecular flexibility index (Phi) is 5.25. The smallest absolute Gasteiger partial charge is 0.265 e. The van der Waals surface area contributed by atoms with Crippen LogP contribution in [0.2, 0.25) is 0 Å². The molecule has 2 aromatic carbocycles. The molecule has 0 unspecified atom stereocenters. The molecule has 0 aliphatic carbocycles. The Morgan fingerprint density at radius 1 is 1.07 bits per heavy atom. The summed E-state index contributed by atoms with van der Waals surface area (Å²) in [5.74, 6) is 0.544. The summed E-state index contributed by atoms with van der Waals surface area (Å²) in [6, 6.07) is 15.8. The molecule has 0 spiro atoms. The topological polar surface area (TPSA) is 45.7 Å². The van der Waals surface area contributed by atoms with Gasteiger partial charge in [0.2, 0.25) is 0 Å². The van der Waals surface area contributed by atoms with Crippen LogP contribution in [0, 0.1) is 5.82 Å². The number of aromatic nitrogens is 1. The predicted molar refractivity (Wildman–Crippen MR) is 109 cm³/mol. The van der Waals surface area contributed by atoms with E-state index in [2.05, 4.69) is 9.27 Å². The van der Waals surface area contributed by atoms with Crippen molar-refractivity contribution < 1.29 is 13.9 Å². The summed E-state index contributed by atoms with van der Waals surface area (Å²) in [4.78, 5) is 17.6. The maximum absolute atomic E-state index is 13.1. The first-order valence-electron chi connectivity index (χ1n) is 9.05. The Morgan fingerprint density at radius 2 is 1.79 bits per heavy atom. The number of nitrogens with zero attached hydrogens (tertiary/aromatic N) is 3. The van der Waals surface area contributed by atoms with E-state index in [1.165, 1.54) is 23.7 Å². The first kappa shape index (κ1) is 18.4. The number of carbonyl (C=O) groups excluding carboxylic acids is 1. The van der Waals surface area contributed by atoms with Crippen molar-refractivity contribution in [3.8, 4) is 17.0 Å². The molecule has 1 saturated heterocycles. The Hall–Kier alpha value is -2.93. The van der Waals surface area contributed by atoms with Crippen molar-refractivity contribution in [2.45, 2.75) is 0 Å². The van der Waals surface area contributed by atoms with Crippen LogP contribution in [-0.2, 0) is 0 Å². The lowest BCUT2D eigenvalue weighted by Crippen LogP contribution is -2.48. The van der Waals surface area contributed by atoms with Crippen LogP contribution in [0.15, 0.2) is 54.6 Å². The van der Waals surface area contributed by atoms with Crippen LogP contribution in [0.5, 0.6) is 5.75 Å². The first-order chi connectivity index (χ1) is 13.7. The molecular formula is C21H20FN3O2S. The number of rotatable bonds is 4. The van der Waals surface area contributed by atoms with Crippen molar-refractivity contribution in [3.63, 3.8) is 0 Å². The SMILES string of the molecule is COc1ccccc1N1CCN(C(=O)c2cc(-c3ccc(F)cc3)ns2)CC1. The lowest BCUT2D eigenvalue weighted by Gasteiger charge is -2.36. The van der Waals surface area contributed by atoms with Gasteiger partial charge in [-0.1, -0.05) is 12.1 Å². The summed E-state index contributed by atoms with van der Waals surface area (Å²) >= 11 is 1.19. The minimum absolute atomic E-state index is 0.00876. The lowest BCUT2D eigenvalue weighted by molar-refractivity contribution is 0.0751. The minimum Gasteiger partial charge on any atom is -0.495 e. The standard InChI is InChI=1S/C21H20FN3O2S/c1-27-19-5-3-2-4-18(19)24-10-12-25(13-11-24)21(26)20-14-17(23-28-20)15-6-8-16(22)9-7-15/h2-9,14H,10-13H2,1H3. The molecule has 0 radical (unpaired) electrons. The Morgan fingerprint density at radius 3 is 2.50 bits per heavy atom. The average Bonchev–Trinajstić information content (AvgIpc) is 3.24. The zero-order valence-corrected chi connectivity index (χ0v) is 16.3. The second-order valence-electron chi connectivity index (χ2n) is 6.53. The predicted octanol–water partition coefficient (Wildman–Crippen LogP) is 3.92. The number of piperazine rings is 1. The summed E-state index contributed by atoms with van der Waals surface area (Å²) < 4.78 is 22.9. The van der Waals surface area contributed by atoms with Gasteiger partial charge in [-0.15, -0.1) is 0 Å². The summed E-state index contributed by atoms with van der Waals surface area (Å²) in [5, 5.41) is 0. The average molecular weight is 397 g/mol. The molecule has 1 fully saturated rings. The number of anilines is 1. The van der Waals surface area contributed by atoms with Crippen molar-refractivity contribution in [1.82, 2.24) is 9.27 Å². The molecule has 1 amide bonds. The van der Waals surface area contributed by atoms with E-state index in [4.69, 9.17) is 4.74 Å². The fourth-order valence-corrected chi connectivity index (χ4v) is 4.06. The minimum atomic E-state index is -0.289. The number of ether oxygens (including phenoxy) is 1. The van der Waals surface area contributed by atoms with Crippen LogP contribution in [0.3, 0.4) is 0 Å². The number of hydrogen-bond acceptors (Lipinski definition) is 5. The molecule has 1 aromatic heterocycles. The number of carbonyl (C=O) groups is 1. The van der Waals surface area contributed by atoms with Crippen LogP contribution < -0.4 is 9.64 Å². The second-order valence-corrected chi connectivity index (χ2v) is 7.34. The Labute approximate surface area is 167 Å². The van der Waals surface area contributed by atoms with E-state index in [1.54, 1.807) is 25.3 Å². The third-order valence-corrected chi connectivity index (χ3v) is 5.63. The molecule has 0 N–H and O–H groups in total. The normalized spacial score (nSPS) is 14.2. The van der Waals surface area contributed by atoms with Gasteiger partial charge in [0.25, 0.3) is 5.91 Å². The third-order valence-electron chi connectivity index (χ3n) is 4.85. The first-order valence-corrected chi connectivity index (χ1v) is 9.83. The number of halogens is 1. The van der Waals surface area contributed by atoms with E-state index < -0.39 is 0 Å². The summed E-state index contributed by atoms with van der Waals surface area (Å²) in [6.07, 6.45) is 0. The summed E-state index contributed by atoms with van der Waals surface area (Å²) in [6.45, 7) is 2.77. The number of methoxy groups -OCH3 is 1. The van der Waals surface area contributed by atoms with Gasteiger partial charge in [0.05, 0.1) is 18.5 Å². The van der Waals surface area contributed by atoms with E-state index >= 15 is 0 Å². The molecule has 28 heavy (non-hydrogen) atoms. The van der Waals surface area contributed by atoms with Gasteiger partial charge in [-0.2, -0.15) is 4.37 Å². The van der Waals surface area contributed by atoms with E-state index in [-0.39, 0.29) is 11.7 Å². The molecule has 0 atom stereocenters. The fraction of sp³-hybridized carbons (Fsp3) is 0.238. The van der Waals surface area contributed by atoms with Crippen molar-refractivity contribution in [2.75, 3.05) is 38.2 Å². The van der Waals surface area contributed by atoms with Gasteiger partial charge < -0.3 is 14.5 Å². The van der Waals surface area contributed by atoms with Crippen molar-refractivity contribution in [2.24, 2.45) is 0 Å². The van der Waals surface area contributed by atoms with E-state index in [0.29, 0.717) is 23.7 Å². The molecule has 144 valence electrons. The molecule has 0 saturated carbocycles. The zero-order chi connectivity index (χ0) is 19.5. The summed E-state index contributed by atoms with van der Waals surface area (Å²) in [7, 11) is 1.67. The molecule has 5 nitrogen and oxygen atoms in total. The molecule has 4 rings (SSSR count). The fourth-order valence-electron chi connectivity index (χ4n) is 3.33. The third kappa shape index (κ3) is 3.71. The summed E-state index contributed by atoms with van der Waals surface area (Å²) in [5.41, 5.74) is 2.55. The highest BCUT2D eigenvalue weighted by Crippen LogP contribution is 2.29. The highest BCUT2D eigenvalue weighted by atomic mass is 32.1. The van der Waals surface area contributed by atoms with E-state index in [0.717, 1.165) is 30.1 Å². The van der Waals surface area contributed by atoms with Crippen LogP contribution in [0.25, 0.3) is 11.3 Å². The van der Waals surface area contributed by atoms with Gasteiger partial charge in [-0.3, -0.25) is 4.79 Å². The molecule has 0 bridgehead atoms. The van der Waals surface area contributed by atoms with Crippen LogP contribution in [-0.4, -0.2) is 48.5 Å². The van der Waals surface area contributed by atoms with Gasteiger partial charge in [0.15, 0.2) is 0 Å². The second kappa shape index (κ2) is 7.98. The molecular weight excluding hydrogens is 377 g/mol. The van der Waals surface area contributed by atoms with Crippen molar-refractivity contribution in [1.29, 1.82) is 0 Å². The van der Waals surface area contributed by atoms with E-state index in [1.807, 2.05) is 29.2 Å². The van der Waals surface area contributed by atoms with Gasteiger partial charge >= 0.3 is 0 Å². The lowest BCUT2D eigenvalue weighted by atomic mass is 10.1. The van der Waals surface area contributed by atoms with Crippen LogP contribution >= 0.6 is 11.5 Å². The van der Waals surface area contributed by atoms with Gasteiger partial charge in [-0.05, 0) is 54.0 Å².